The highest BCUT2D eigenvalue weighted by molar-refractivity contribution is 6.32. The van der Waals surface area contributed by atoms with Crippen molar-refractivity contribution in [1.82, 2.24) is 0 Å². The molecule has 0 aliphatic heterocycles. The van der Waals surface area contributed by atoms with Crippen molar-refractivity contribution in [2.24, 2.45) is 0 Å². The number of unbranched alkanes of at least 4 members (excludes halogenated alkanes) is 11. The van der Waals surface area contributed by atoms with Gasteiger partial charge in [-0.2, -0.15) is 0 Å². The van der Waals surface area contributed by atoms with Crippen LogP contribution in [0.3, 0.4) is 0 Å². The lowest BCUT2D eigenvalue weighted by Gasteiger charge is -2.01. The third-order valence-electron chi connectivity index (χ3n) is 3.14. The molecule has 0 heterocycles. The van der Waals surface area contributed by atoms with Crippen LogP contribution in [0.1, 0.15) is 90.9 Å². The Morgan fingerprint density at radius 3 is 1.00 bits per heavy atom. The second kappa shape index (κ2) is 23.1. The Kier molecular flexibility index (Phi) is 25.9. The molecule has 0 aliphatic rings. The van der Waals surface area contributed by atoms with Crippen molar-refractivity contribution in [1.29, 1.82) is 0 Å². The second-order valence-electron chi connectivity index (χ2n) is 5.00. The monoisotopic (exact) mass is 272 g/mol. The lowest BCUT2D eigenvalue weighted by molar-refractivity contribution is 0.408. The Morgan fingerprint density at radius 1 is 0.579 bits per heavy atom. The first-order chi connectivity index (χ1) is 9.33. The van der Waals surface area contributed by atoms with E-state index in [1.165, 1.54) is 77.0 Å². The van der Waals surface area contributed by atoms with Gasteiger partial charge in [0.2, 0.25) is 0 Å². The minimum Gasteiger partial charge on any atom is -0.457 e. The number of hydrogen-bond acceptors (Lipinski definition) is 3. The van der Waals surface area contributed by atoms with Crippen LogP contribution in [0.25, 0.3) is 0 Å². The molecule has 0 atom stereocenters. The van der Waals surface area contributed by atoms with Gasteiger partial charge in [0.15, 0.2) is 0 Å². The first kappa shape index (κ1) is 21.3. The minimum absolute atomic E-state index is 0.406. The van der Waals surface area contributed by atoms with Crippen LogP contribution in [-0.4, -0.2) is 25.4 Å². The Bertz CT molecular complexity index is 124. The summed E-state index contributed by atoms with van der Waals surface area (Å²) in [5, 5.41) is 15.4. The van der Waals surface area contributed by atoms with Gasteiger partial charge in [0.05, 0.1) is 0 Å². The van der Waals surface area contributed by atoms with Crippen LogP contribution < -0.4 is 0 Å². The van der Waals surface area contributed by atoms with E-state index in [2.05, 4.69) is 18.4 Å². The summed E-state index contributed by atoms with van der Waals surface area (Å²) in [4.78, 5) is 0. The zero-order valence-corrected chi connectivity index (χ0v) is 13.2. The Morgan fingerprint density at radius 2 is 0.842 bits per heavy atom. The summed E-state index contributed by atoms with van der Waals surface area (Å²) < 4.78 is 3.94. The lowest BCUT2D eigenvalue weighted by atomic mass is 10.1. The van der Waals surface area contributed by atoms with Crippen LogP contribution >= 0.6 is 0 Å². The second-order valence-corrected chi connectivity index (χ2v) is 5.00. The highest BCUT2D eigenvalue weighted by atomic mass is 16.5. The molecule has 0 aromatic rings. The number of rotatable bonds is 13. The normalized spacial score (nSPS) is 9.68. The van der Waals surface area contributed by atoms with Crippen molar-refractivity contribution in [3.63, 3.8) is 0 Å². The van der Waals surface area contributed by atoms with E-state index in [1.54, 1.807) is 0 Å². The third kappa shape index (κ3) is 27.3. The average molecular weight is 272 g/mol. The topological polar surface area (TPSA) is 49.7 Å². The summed E-state index contributed by atoms with van der Waals surface area (Å²) in [7, 11) is -0.812. The molecular weight excluding hydrogens is 238 g/mol. The molecule has 0 fully saturated rings. The van der Waals surface area contributed by atoms with Crippen molar-refractivity contribution in [3.05, 3.63) is 0 Å². The van der Waals surface area contributed by atoms with Crippen molar-refractivity contribution in [3.8, 4) is 0 Å². The summed E-state index contributed by atoms with van der Waals surface area (Å²) >= 11 is 0. The van der Waals surface area contributed by atoms with E-state index in [-0.39, 0.29) is 0 Å². The molecule has 0 aromatic heterocycles. The van der Waals surface area contributed by atoms with Crippen LogP contribution in [0.5, 0.6) is 0 Å². The summed E-state index contributed by atoms with van der Waals surface area (Å²) in [5.41, 5.74) is 0. The van der Waals surface area contributed by atoms with Crippen molar-refractivity contribution in [2.45, 2.75) is 90.9 Å². The molecule has 19 heavy (non-hydrogen) atoms. The zero-order chi connectivity index (χ0) is 14.6. The number of hydrogen-bond donors (Lipinski definition) is 2. The largest absolute Gasteiger partial charge is 0.457 e. The highest BCUT2D eigenvalue weighted by Crippen LogP contribution is 2.11. The van der Waals surface area contributed by atoms with E-state index >= 15 is 0 Å². The first-order valence-electron chi connectivity index (χ1n) is 8.12. The van der Waals surface area contributed by atoms with E-state index in [0.717, 1.165) is 0 Å². The van der Waals surface area contributed by atoms with E-state index in [4.69, 9.17) is 10.0 Å². The van der Waals surface area contributed by atoms with Gasteiger partial charge in [0.25, 0.3) is 0 Å². The molecule has 0 aliphatic carbocycles. The Balaban J connectivity index is 0. The maximum absolute atomic E-state index is 7.68. The molecule has 0 bridgehead atoms. The molecule has 0 saturated heterocycles. The molecule has 0 radical (unpaired) electrons. The Hall–Kier alpha value is 0.00987. The van der Waals surface area contributed by atoms with Gasteiger partial charge in [-0.1, -0.05) is 90.9 Å². The lowest BCUT2D eigenvalue weighted by Crippen LogP contribution is -2.00. The SMILES string of the molecule is CCCCCCCCCCCCCC.OBOBO. The maximum Gasteiger partial charge on any atom is 0.421 e. The molecule has 0 spiro atoms. The summed E-state index contributed by atoms with van der Waals surface area (Å²) in [6.45, 7) is 4.57. The van der Waals surface area contributed by atoms with Crippen LogP contribution in [0.2, 0.25) is 0 Å². The van der Waals surface area contributed by atoms with Gasteiger partial charge in [0.1, 0.15) is 0 Å². The van der Waals surface area contributed by atoms with Crippen LogP contribution in [0, 0.1) is 0 Å². The summed E-state index contributed by atoms with van der Waals surface area (Å²) in [5.74, 6) is 0. The molecule has 2 N–H and O–H groups in total. The zero-order valence-electron chi connectivity index (χ0n) is 13.2. The Labute approximate surface area is 121 Å². The third-order valence-corrected chi connectivity index (χ3v) is 3.14. The molecule has 5 heteroatoms. The van der Waals surface area contributed by atoms with Gasteiger partial charge in [0, 0.05) is 0 Å². The first-order valence-corrected chi connectivity index (χ1v) is 8.12. The van der Waals surface area contributed by atoms with Gasteiger partial charge in [-0.3, -0.25) is 0 Å². The molecule has 0 unspecified atom stereocenters. The predicted octanol–water partition coefficient (Wildman–Crippen LogP) is 3.23. The van der Waals surface area contributed by atoms with E-state index < -0.39 is 15.4 Å². The molecule has 0 amide bonds. The molecule has 0 rings (SSSR count). The van der Waals surface area contributed by atoms with Crippen molar-refractivity contribution in [2.75, 3.05) is 0 Å². The highest BCUT2D eigenvalue weighted by Gasteiger charge is 1.91. The van der Waals surface area contributed by atoms with Crippen LogP contribution in [0.4, 0.5) is 0 Å². The molecule has 0 saturated carbocycles. The van der Waals surface area contributed by atoms with E-state index in [0.29, 0.717) is 0 Å². The molecular formula is C14H34B2O3. The standard InChI is InChI=1S/C14H30.B2H4O3/c1-3-5-7-9-11-13-14-12-10-8-6-4-2;3-1-5-2-4/h3-14H2,1-2H3;1-4H. The molecule has 3 nitrogen and oxygen atoms in total. The van der Waals surface area contributed by atoms with Gasteiger partial charge < -0.3 is 14.6 Å². The van der Waals surface area contributed by atoms with E-state index in [9.17, 15) is 0 Å². The quantitative estimate of drug-likeness (QED) is 0.399. The minimum atomic E-state index is -0.406. The van der Waals surface area contributed by atoms with Crippen molar-refractivity contribution < 1.29 is 14.6 Å². The predicted molar refractivity (Wildman–Crippen MR) is 86.6 cm³/mol. The fourth-order valence-electron chi connectivity index (χ4n) is 1.96. The smallest absolute Gasteiger partial charge is 0.421 e. The van der Waals surface area contributed by atoms with Gasteiger partial charge >= 0.3 is 15.4 Å². The summed E-state index contributed by atoms with van der Waals surface area (Å²) in [6.07, 6.45) is 17.4. The van der Waals surface area contributed by atoms with Crippen LogP contribution in [0.15, 0.2) is 0 Å². The average Bonchev–Trinajstić information content (AvgIpc) is 2.43. The van der Waals surface area contributed by atoms with Crippen molar-refractivity contribution >= 4 is 15.4 Å². The summed E-state index contributed by atoms with van der Waals surface area (Å²) in [6, 6.07) is 0. The fourth-order valence-corrected chi connectivity index (χ4v) is 1.96. The van der Waals surface area contributed by atoms with E-state index in [1.807, 2.05) is 0 Å². The van der Waals surface area contributed by atoms with Gasteiger partial charge in [-0.15, -0.1) is 0 Å². The van der Waals surface area contributed by atoms with Crippen LogP contribution in [-0.2, 0) is 4.57 Å². The maximum atomic E-state index is 7.68. The fraction of sp³-hybridized carbons (Fsp3) is 1.00. The van der Waals surface area contributed by atoms with Gasteiger partial charge in [-0.25, -0.2) is 0 Å². The molecule has 114 valence electrons. The molecule has 0 aromatic carbocycles. The van der Waals surface area contributed by atoms with Gasteiger partial charge in [-0.05, 0) is 0 Å².